The monoisotopic (exact) mass is 415 g/mol. The molecule has 1 aromatic heterocycles. The van der Waals surface area contributed by atoms with Crippen LogP contribution in [-0.2, 0) is 20.0 Å². The smallest absolute Gasteiger partial charge is 0.387 e. The number of aliphatic hydroxyl groups excluding tert-OH is 2. The van der Waals surface area contributed by atoms with Gasteiger partial charge in [-0.15, -0.1) is 11.3 Å². The third kappa shape index (κ3) is 4.07. The number of hydrogen-bond acceptors (Lipinski definition) is 7. The van der Waals surface area contributed by atoms with Gasteiger partial charge >= 0.3 is 14.0 Å². The van der Waals surface area contributed by atoms with Gasteiger partial charge in [-0.1, -0.05) is 0 Å². The number of ether oxygens (including phenoxy) is 1. The summed E-state index contributed by atoms with van der Waals surface area (Å²) >= 11 is 0.976. The first kappa shape index (κ1) is 19.6. The van der Waals surface area contributed by atoms with Crippen molar-refractivity contribution in [3.8, 4) is 0 Å². The average Bonchev–Trinajstić information content (AvgIpc) is 3.05. The lowest BCUT2D eigenvalue weighted by atomic mass is 10.1. The fourth-order valence-electron chi connectivity index (χ4n) is 2.50. The lowest BCUT2D eigenvalue weighted by Crippen LogP contribution is -2.33. The first-order chi connectivity index (χ1) is 12.0. The summed E-state index contributed by atoms with van der Waals surface area (Å²) < 4.78 is 59.1. The van der Waals surface area contributed by atoms with Crippen LogP contribution in [-0.4, -0.2) is 49.9 Å². The molecule has 0 amide bonds. The predicted octanol–water partition coefficient (Wildman–Crippen LogP) is 1.59. The molecule has 13 heteroatoms. The quantitative estimate of drug-likeness (QED) is 0.554. The molecular weight excluding hydrogens is 402 g/mol. The fourth-order valence-corrected chi connectivity index (χ4v) is 3.87. The number of aromatic nitrogens is 1. The second-order valence-corrected chi connectivity index (χ2v) is 7.90. The summed E-state index contributed by atoms with van der Waals surface area (Å²) in [6, 6.07) is 3.01. The van der Waals surface area contributed by atoms with Crippen LogP contribution < -0.4 is 0 Å². The second kappa shape index (κ2) is 6.80. The number of aliphatic hydroxyl groups is 2. The van der Waals surface area contributed by atoms with Gasteiger partial charge in [0.05, 0.1) is 22.4 Å². The zero-order valence-electron chi connectivity index (χ0n) is 12.7. The highest BCUT2D eigenvalue weighted by atomic mass is 32.1. The second-order valence-electron chi connectivity index (χ2n) is 5.60. The number of nitrogens with zero attached hydrogens (tertiary/aromatic N) is 1. The zero-order valence-corrected chi connectivity index (χ0v) is 14.4. The van der Waals surface area contributed by atoms with Gasteiger partial charge in [0.15, 0.2) is 0 Å². The Balaban J connectivity index is 1.83. The standard InChI is InChI=1S/C13H13F3NO7PS/c14-13(15,16)5-1-2-8-6(3-5)17-12(26-8)11-10(19)9(18)7(24-11)4-23-25(20,21)22/h1-3,7,9-11,18-19H,4H2,(H2,20,21,22)/t7-,9+,10-,11-/m1/s1. The normalized spacial score (nSPS) is 27.3. The van der Waals surface area contributed by atoms with Crippen molar-refractivity contribution in [2.75, 3.05) is 6.61 Å². The molecule has 0 saturated carbocycles. The van der Waals surface area contributed by atoms with Crippen molar-refractivity contribution in [3.63, 3.8) is 0 Å². The van der Waals surface area contributed by atoms with E-state index in [9.17, 15) is 27.9 Å². The van der Waals surface area contributed by atoms with E-state index >= 15 is 0 Å². The first-order valence-corrected chi connectivity index (χ1v) is 9.50. The Kier molecular flexibility index (Phi) is 5.14. The number of hydrogen-bond donors (Lipinski definition) is 4. The molecule has 0 spiro atoms. The van der Waals surface area contributed by atoms with Gasteiger partial charge in [-0.2, -0.15) is 13.2 Å². The van der Waals surface area contributed by atoms with E-state index in [0.29, 0.717) is 4.70 Å². The maximum atomic E-state index is 12.8. The maximum absolute atomic E-state index is 12.8. The molecule has 2 aromatic rings. The summed E-state index contributed by atoms with van der Waals surface area (Å²) in [5.41, 5.74) is -0.817. The van der Waals surface area contributed by atoms with E-state index in [1.54, 1.807) is 0 Å². The molecule has 4 N–H and O–H groups in total. The van der Waals surface area contributed by atoms with Crippen molar-refractivity contribution >= 4 is 29.4 Å². The predicted molar refractivity (Wildman–Crippen MR) is 82.2 cm³/mol. The molecule has 1 saturated heterocycles. The summed E-state index contributed by atoms with van der Waals surface area (Å²) in [6.45, 7) is -0.678. The first-order valence-electron chi connectivity index (χ1n) is 7.15. The fraction of sp³-hybridized carbons (Fsp3) is 0.462. The molecule has 4 atom stereocenters. The third-order valence-corrected chi connectivity index (χ3v) is 5.33. The lowest BCUT2D eigenvalue weighted by molar-refractivity contribution is -0.137. The highest BCUT2D eigenvalue weighted by molar-refractivity contribution is 7.46. The summed E-state index contributed by atoms with van der Waals surface area (Å²) in [6.07, 6.45) is -9.92. The van der Waals surface area contributed by atoms with Crippen LogP contribution in [0.1, 0.15) is 16.7 Å². The lowest BCUT2D eigenvalue weighted by Gasteiger charge is -2.14. The minimum absolute atomic E-state index is 0.0556. The van der Waals surface area contributed by atoms with Crippen molar-refractivity contribution in [2.24, 2.45) is 0 Å². The molecule has 144 valence electrons. The van der Waals surface area contributed by atoms with Gasteiger partial charge in [0, 0.05) is 0 Å². The van der Waals surface area contributed by atoms with E-state index in [0.717, 1.165) is 23.5 Å². The van der Waals surface area contributed by atoms with E-state index in [-0.39, 0.29) is 10.5 Å². The van der Waals surface area contributed by atoms with Crippen molar-refractivity contribution in [3.05, 3.63) is 28.8 Å². The van der Waals surface area contributed by atoms with Gasteiger partial charge in [-0.05, 0) is 18.2 Å². The highest BCUT2D eigenvalue weighted by Crippen LogP contribution is 2.41. The molecule has 1 aromatic carbocycles. The Hall–Kier alpha value is -1.11. The van der Waals surface area contributed by atoms with Crippen LogP contribution in [0.5, 0.6) is 0 Å². The van der Waals surface area contributed by atoms with E-state index in [1.807, 2.05) is 0 Å². The van der Waals surface area contributed by atoms with Gasteiger partial charge < -0.3 is 24.7 Å². The van der Waals surface area contributed by atoms with Crippen LogP contribution in [0.2, 0.25) is 0 Å². The molecule has 0 unspecified atom stereocenters. The molecule has 8 nitrogen and oxygen atoms in total. The van der Waals surface area contributed by atoms with Crippen molar-refractivity contribution in [1.29, 1.82) is 0 Å². The van der Waals surface area contributed by atoms with Gasteiger partial charge in [0.2, 0.25) is 0 Å². The van der Waals surface area contributed by atoms with Crippen LogP contribution in [0.15, 0.2) is 18.2 Å². The summed E-state index contributed by atoms with van der Waals surface area (Å²) in [5.74, 6) is 0. The molecule has 1 fully saturated rings. The molecule has 2 heterocycles. The Labute approximate surface area is 148 Å². The third-order valence-electron chi connectivity index (χ3n) is 3.74. The van der Waals surface area contributed by atoms with Gasteiger partial charge in [0.1, 0.15) is 29.4 Å². The molecule has 3 rings (SSSR count). The molecule has 0 radical (unpaired) electrons. The van der Waals surface area contributed by atoms with E-state index in [4.69, 9.17) is 14.5 Å². The largest absolute Gasteiger partial charge is 0.469 e. The Morgan fingerprint density at radius 1 is 1.27 bits per heavy atom. The van der Waals surface area contributed by atoms with Gasteiger partial charge in [-0.3, -0.25) is 4.52 Å². The Morgan fingerprint density at radius 3 is 2.58 bits per heavy atom. The molecule has 26 heavy (non-hydrogen) atoms. The zero-order chi connectivity index (χ0) is 19.3. The average molecular weight is 415 g/mol. The van der Waals surface area contributed by atoms with E-state index in [2.05, 4.69) is 9.51 Å². The Morgan fingerprint density at radius 2 is 1.96 bits per heavy atom. The van der Waals surface area contributed by atoms with Crippen LogP contribution in [0.25, 0.3) is 10.2 Å². The van der Waals surface area contributed by atoms with Crippen molar-refractivity contribution in [1.82, 2.24) is 4.98 Å². The van der Waals surface area contributed by atoms with Crippen molar-refractivity contribution < 1.29 is 47.0 Å². The van der Waals surface area contributed by atoms with Gasteiger partial charge in [0.25, 0.3) is 0 Å². The SMILES string of the molecule is O=P(O)(O)OC[C@H]1O[C@@H](c2nc3cc(C(F)(F)F)ccc3s2)[C@H](O)[C@H]1O. The van der Waals surface area contributed by atoms with Crippen LogP contribution in [0.4, 0.5) is 13.2 Å². The van der Waals surface area contributed by atoms with Crippen LogP contribution >= 0.6 is 19.2 Å². The van der Waals surface area contributed by atoms with Gasteiger partial charge in [-0.25, -0.2) is 9.55 Å². The highest BCUT2D eigenvalue weighted by Gasteiger charge is 2.45. The number of fused-ring (bicyclic) bond motifs is 1. The molecule has 0 bridgehead atoms. The van der Waals surface area contributed by atoms with Crippen LogP contribution in [0, 0.1) is 0 Å². The number of halogens is 3. The minimum Gasteiger partial charge on any atom is -0.387 e. The number of alkyl halides is 3. The molecular formula is C13H13F3NO7PS. The number of rotatable bonds is 4. The summed E-state index contributed by atoms with van der Waals surface area (Å²) in [4.78, 5) is 21.4. The van der Waals surface area contributed by atoms with Crippen LogP contribution in [0.3, 0.4) is 0 Å². The molecule has 1 aliphatic rings. The minimum atomic E-state index is -4.79. The summed E-state index contributed by atoms with van der Waals surface area (Å²) in [7, 11) is -4.79. The summed E-state index contributed by atoms with van der Waals surface area (Å²) in [5, 5.41) is 20.1. The maximum Gasteiger partial charge on any atom is 0.469 e. The van der Waals surface area contributed by atoms with E-state index < -0.39 is 50.6 Å². The number of phosphoric ester groups is 1. The number of benzene rings is 1. The Bertz CT molecular complexity index is 854. The molecule has 0 aliphatic carbocycles. The number of phosphoric acid groups is 1. The topological polar surface area (TPSA) is 129 Å². The van der Waals surface area contributed by atoms with E-state index in [1.165, 1.54) is 6.07 Å². The molecule has 1 aliphatic heterocycles. The van der Waals surface area contributed by atoms with Crippen molar-refractivity contribution in [2.45, 2.75) is 30.6 Å². The number of thiazole rings is 1.